The zero-order chi connectivity index (χ0) is 15.8. The maximum atomic E-state index is 6.32. The smallest absolute Gasteiger partial charge is 0.0826 e. The topological polar surface area (TPSA) is 0 Å². The molecule has 2 aromatic carbocycles. The predicted molar refractivity (Wildman–Crippen MR) is 94.0 cm³/mol. The molecule has 0 saturated heterocycles. The normalized spacial score (nSPS) is 12.0. The fourth-order valence-corrected chi connectivity index (χ4v) is 3.52. The van der Waals surface area contributed by atoms with Crippen LogP contribution in [-0.4, -0.2) is 3.79 Å². The summed E-state index contributed by atoms with van der Waals surface area (Å²) < 4.78 is -1.39. The molecule has 0 spiro atoms. The van der Waals surface area contributed by atoms with Gasteiger partial charge in [0, 0.05) is 0 Å². The Morgan fingerprint density at radius 3 is 1.38 bits per heavy atom. The molecule has 0 radical (unpaired) electrons. The summed E-state index contributed by atoms with van der Waals surface area (Å²) in [5.74, 6) is -0.274. The molecule has 0 aliphatic heterocycles. The Kier molecular flexibility index (Phi) is 4.92. The first kappa shape index (κ1) is 16.7. The molecule has 0 aromatic heterocycles. The minimum atomic E-state index is -1.39. The molecule has 0 heterocycles. The Morgan fingerprint density at radius 1 is 0.714 bits per heavy atom. The highest BCUT2D eigenvalue weighted by Crippen LogP contribution is 2.47. The lowest BCUT2D eigenvalue weighted by Gasteiger charge is -2.28. The lowest BCUT2D eigenvalue weighted by Crippen LogP contribution is -2.20. The average Bonchev–Trinajstić information content (AvgIpc) is 2.33. The van der Waals surface area contributed by atoms with E-state index in [-0.39, 0.29) is 5.92 Å². The van der Waals surface area contributed by atoms with Crippen LogP contribution in [0.4, 0.5) is 0 Å². The first-order chi connectivity index (χ1) is 9.70. The zero-order valence-electron chi connectivity index (χ0n) is 12.7. The van der Waals surface area contributed by atoms with E-state index in [0.717, 1.165) is 22.3 Å². The van der Waals surface area contributed by atoms with Crippen LogP contribution in [0.15, 0.2) is 36.4 Å². The van der Waals surface area contributed by atoms with Crippen molar-refractivity contribution in [2.75, 3.05) is 0 Å². The van der Waals surface area contributed by atoms with Crippen molar-refractivity contribution in [3.63, 3.8) is 0 Å². The van der Waals surface area contributed by atoms with Crippen LogP contribution in [0.2, 0.25) is 0 Å². The van der Waals surface area contributed by atoms with Crippen LogP contribution in [0.3, 0.4) is 0 Å². The van der Waals surface area contributed by atoms with E-state index < -0.39 is 3.79 Å². The van der Waals surface area contributed by atoms with E-state index in [2.05, 4.69) is 64.1 Å². The Hall–Kier alpha value is -0.690. The standard InChI is InChI=1S/C18H19Cl3/c1-11-5-7-15(13(3)9-11)17(18(19,20)21)16-8-6-12(2)10-14(16)4/h5-10,17H,1-4H3. The van der Waals surface area contributed by atoms with Gasteiger partial charge in [0.25, 0.3) is 0 Å². The second-order valence-electron chi connectivity index (χ2n) is 5.69. The third-order valence-electron chi connectivity index (χ3n) is 3.80. The number of hydrogen-bond acceptors (Lipinski definition) is 0. The molecule has 21 heavy (non-hydrogen) atoms. The Bertz CT molecular complexity index is 602. The second-order valence-corrected chi connectivity index (χ2v) is 8.06. The minimum Gasteiger partial charge on any atom is -0.0826 e. The van der Waals surface area contributed by atoms with E-state index >= 15 is 0 Å². The predicted octanol–water partition coefficient (Wildman–Crippen LogP) is 6.42. The van der Waals surface area contributed by atoms with Crippen molar-refractivity contribution < 1.29 is 0 Å². The van der Waals surface area contributed by atoms with Crippen LogP contribution in [0.1, 0.15) is 39.3 Å². The van der Waals surface area contributed by atoms with Crippen LogP contribution < -0.4 is 0 Å². The molecule has 2 aromatic rings. The summed E-state index contributed by atoms with van der Waals surface area (Å²) in [6.07, 6.45) is 0. The van der Waals surface area contributed by atoms with E-state index in [1.54, 1.807) is 0 Å². The summed E-state index contributed by atoms with van der Waals surface area (Å²) in [5, 5.41) is 0. The summed E-state index contributed by atoms with van der Waals surface area (Å²) in [6, 6.07) is 12.5. The molecule has 0 unspecified atom stereocenters. The molecule has 0 bridgehead atoms. The lowest BCUT2D eigenvalue weighted by molar-refractivity contribution is 0.821. The molecule has 0 atom stereocenters. The van der Waals surface area contributed by atoms with Gasteiger partial charge in [0.2, 0.25) is 3.79 Å². The van der Waals surface area contributed by atoms with Crippen LogP contribution in [0, 0.1) is 27.7 Å². The first-order valence-electron chi connectivity index (χ1n) is 6.91. The fraction of sp³-hybridized carbons (Fsp3) is 0.333. The van der Waals surface area contributed by atoms with Gasteiger partial charge in [-0.25, -0.2) is 0 Å². The highest BCUT2D eigenvalue weighted by atomic mass is 35.6. The highest BCUT2D eigenvalue weighted by molar-refractivity contribution is 6.68. The van der Waals surface area contributed by atoms with E-state index in [9.17, 15) is 0 Å². The molecule has 0 aliphatic carbocycles. The van der Waals surface area contributed by atoms with Gasteiger partial charge in [0.15, 0.2) is 0 Å². The molecule has 112 valence electrons. The molecular weight excluding hydrogens is 323 g/mol. The second kappa shape index (κ2) is 6.20. The van der Waals surface area contributed by atoms with Gasteiger partial charge < -0.3 is 0 Å². The van der Waals surface area contributed by atoms with Gasteiger partial charge in [0.1, 0.15) is 0 Å². The largest absolute Gasteiger partial charge is 0.201 e. The zero-order valence-corrected chi connectivity index (χ0v) is 14.9. The van der Waals surface area contributed by atoms with Crippen LogP contribution in [0.5, 0.6) is 0 Å². The van der Waals surface area contributed by atoms with Crippen LogP contribution in [0.25, 0.3) is 0 Å². The molecule has 0 N–H and O–H groups in total. The highest BCUT2D eigenvalue weighted by Gasteiger charge is 2.36. The average molecular weight is 342 g/mol. The Balaban J connectivity index is 2.64. The number of rotatable bonds is 2. The molecule has 0 amide bonds. The van der Waals surface area contributed by atoms with E-state index in [1.165, 1.54) is 11.1 Å². The molecule has 0 fully saturated rings. The Morgan fingerprint density at radius 2 is 1.10 bits per heavy atom. The lowest BCUT2D eigenvalue weighted by atomic mass is 9.86. The SMILES string of the molecule is Cc1ccc(C(c2ccc(C)cc2C)C(Cl)(Cl)Cl)c(C)c1. The number of benzene rings is 2. The summed E-state index contributed by atoms with van der Waals surface area (Å²) >= 11 is 19.0. The number of hydrogen-bond donors (Lipinski definition) is 0. The van der Waals surface area contributed by atoms with Crippen molar-refractivity contribution in [2.45, 2.75) is 37.4 Å². The summed E-state index contributed by atoms with van der Waals surface area (Å²) in [6.45, 7) is 8.26. The van der Waals surface area contributed by atoms with Gasteiger partial charge in [-0.05, 0) is 49.9 Å². The van der Waals surface area contributed by atoms with Gasteiger partial charge in [-0.2, -0.15) is 0 Å². The molecule has 2 rings (SSSR count). The monoisotopic (exact) mass is 340 g/mol. The van der Waals surface area contributed by atoms with Crippen molar-refractivity contribution >= 4 is 34.8 Å². The minimum absolute atomic E-state index is 0.274. The third-order valence-corrected chi connectivity index (χ3v) is 4.45. The van der Waals surface area contributed by atoms with Gasteiger partial charge >= 0.3 is 0 Å². The molecule has 3 heteroatoms. The van der Waals surface area contributed by atoms with Gasteiger partial charge in [-0.1, -0.05) is 82.3 Å². The van der Waals surface area contributed by atoms with Crippen molar-refractivity contribution in [3.05, 3.63) is 69.8 Å². The van der Waals surface area contributed by atoms with E-state index in [4.69, 9.17) is 34.8 Å². The number of alkyl halides is 3. The quantitative estimate of drug-likeness (QED) is 0.553. The van der Waals surface area contributed by atoms with Crippen molar-refractivity contribution in [3.8, 4) is 0 Å². The van der Waals surface area contributed by atoms with Gasteiger partial charge in [-0.15, -0.1) is 0 Å². The maximum Gasteiger partial charge on any atom is 0.201 e. The Labute approximate surface area is 142 Å². The van der Waals surface area contributed by atoms with Crippen molar-refractivity contribution in [1.82, 2.24) is 0 Å². The van der Waals surface area contributed by atoms with Crippen LogP contribution >= 0.6 is 34.8 Å². The summed E-state index contributed by atoms with van der Waals surface area (Å²) in [7, 11) is 0. The van der Waals surface area contributed by atoms with Crippen LogP contribution in [-0.2, 0) is 0 Å². The maximum absolute atomic E-state index is 6.32. The molecular formula is C18H19Cl3. The van der Waals surface area contributed by atoms with Crippen molar-refractivity contribution in [2.24, 2.45) is 0 Å². The molecule has 0 saturated carbocycles. The third kappa shape index (κ3) is 3.74. The summed E-state index contributed by atoms with van der Waals surface area (Å²) in [5.41, 5.74) is 6.83. The van der Waals surface area contributed by atoms with Crippen molar-refractivity contribution in [1.29, 1.82) is 0 Å². The molecule has 0 nitrogen and oxygen atoms in total. The first-order valence-corrected chi connectivity index (χ1v) is 8.04. The number of halogens is 3. The number of aryl methyl sites for hydroxylation is 4. The van der Waals surface area contributed by atoms with E-state index in [0.29, 0.717) is 0 Å². The molecule has 0 aliphatic rings. The van der Waals surface area contributed by atoms with Gasteiger partial charge in [0.05, 0.1) is 5.92 Å². The van der Waals surface area contributed by atoms with E-state index in [1.807, 2.05) is 0 Å². The summed E-state index contributed by atoms with van der Waals surface area (Å²) in [4.78, 5) is 0. The fourth-order valence-electron chi connectivity index (χ4n) is 2.82. The van der Waals surface area contributed by atoms with Gasteiger partial charge in [-0.3, -0.25) is 0 Å².